The van der Waals surface area contributed by atoms with Crippen molar-refractivity contribution in [3.8, 4) is 17.2 Å². The predicted octanol–water partition coefficient (Wildman–Crippen LogP) is 3.25. The first-order chi connectivity index (χ1) is 21.0. The Labute approximate surface area is 252 Å². The molecule has 5 aliphatic rings. The number of fused-ring (bicyclic) bond motifs is 6. The van der Waals surface area contributed by atoms with Crippen molar-refractivity contribution in [3.05, 3.63) is 53.1 Å². The van der Waals surface area contributed by atoms with Gasteiger partial charge in [0.1, 0.15) is 11.9 Å². The van der Waals surface area contributed by atoms with Crippen LogP contribution in [0.25, 0.3) is 0 Å². The lowest BCUT2D eigenvalue weighted by Crippen LogP contribution is -2.50. The van der Waals surface area contributed by atoms with Crippen LogP contribution < -0.4 is 24.8 Å². The molecular weight excluding hydrogens is 550 g/mol. The van der Waals surface area contributed by atoms with Gasteiger partial charge in [-0.15, -0.1) is 0 Å². The summed E-state index contributed by atoms with van der Waals surface area (Å²) in [6, 6.07) is 11.1. The van der Waals surface area contributed by atoms with Gasteiger partial charge in [0.05, 0.1) is 30.4 Å². The Bertz CT molecular complexity index is 1350. The number of nitrogens with zero attached hydrogens (tertiary/aromatic N) is 1. The molecule has 4 heterocycles. The number of nitrogens with one attached hydrogen (secondary N) is 2. The van der Waals surface area contributed by atoms with Crippen molar-refractivity contribution < 1.29 is 33.6 Å². The third kappa shape index (κ3) is 6.18. The highest BCUT2D eigenvalue weighted by Gasteiger charge is 2.39. The number of aliphatic hydroxyl groups excluding tert-OH is 1. The Kier molecular flexibility index (Phi) is 8.16. The summed E-state index contributed by atoms with van der Waals surface area (Å²) in [7, 11) is 0. The fourth-order valence-corrected chi connectivity index (χ4v) is 7.32. The predicted molar refractivity (Wildman–Crippen MR) is 157 cm³/mol. The number of carbonyl (C=O) groups is 2. The first-order valence-electron chi connectivity index (χ1n) is 15.8. The molecular formula is C33H41N3O7. The monoisotopic (exact) mass is 591 g/mol. The molecule has 0 unspecified atom stereocenters. The van der Waals surface area contributed by atoms with E-state index < -0.39 is 18.2 Å². The number of carbonyl (C=O) groups excluding carboxylic acids is 2. The summed E-state index contributed by atoms with van der Waals surface area (Å²) in [6.07, 6.45) is 6.02. The lowest BCUT2D eigenvalue weighted by molar-refractivity contribution is -0.133. The molecule has 230 valence electrons. The molecule has 1 aliphatic carbocycles. The highest BCUT2D eigenvalue weighted by atomic mass is 16.7. The van der Waals surface area contributed by atoms with Gasteiger partial charge >= 0.3 is 0 Å². The van der Waals surface area contributed by atoms with Crippen molar-refractivity contribution in [3.63, 3.8) is 0 Å². The van der Waals surface area contributed by atoms with Crippen LogP contribution in [0, 0.1) is 0 Å². The zero-order chi connectivity index (χ0) is 29.3. The SMILES string of the molecule is O=C1N[C@H]2C[C@@H](C(=O)NC[C@H]3O[C@H](CCOc4cc(C5CCCC5)ccc41)CC[C@@H]3O)N(Cc1ccc3c(c1)OCO3)C2. The van der Waals surface area contributed by atoms with Gasteiger partial charge in [-0.3, -0.25) is 14.5 Å². The lowest BCUT2D eigenvalue weighted by Gasteiger charge is -2.34. The number of hydrogen-bond acceptors (Lipinski definition) is 8. The first kappa shape index (κ1) is 28.4. The van der Waals surface area contributed by atoms with Gasteiger partial charge in [-0.25, -0.2) is 0 Å². The molecule has 2 amide bonds. The van der Waals surface area contributed by atoms with E-state index in [4.69, 9.17) is 18.9 Å². The van der Waals surface area contributed by atoms with Gasteiger partial charge in [0, 0.05) is 32.1 Å². The summed E-state index contributed by atoms with van der Waals surface area (Å²) >= 11 is 0. The number of likely N-dealkylation sites (tertiary alicyclic amines) is 1. The van der Waals surface area contributed by atoms with E-state index in [1.54, 1.807) is 0 Å². The van der Waals surface area contributed by atoms with Gasteiger partial charge in [-0.2, -0.15) is 0 Å². The van der Waals surface area contributed by atoms with E-state index in [0.717, 1.165) is 24.8 Å². The molecule has 43 heavy (non-hydrogen) atoms. The molecule has 5 atom stereocenters. The second kappa shape index (κ2) is 12.3. The number of hydrogen-bond donors (Lipinski definition) is 3. The van der Waals surface area contributed by atoms with Crippen LogP contribution in [0.15, 0.2) is 36.4 Å². The van der Waals surface area contributed by atoms with Gasteiger partial charge in [-0.05, 0) is 73.4 Å². The quantitative estimate of drug-likeness (QED) is 0.498. The van der Waals surface area contributed by atoms with Crippen molar-refractivity contribution in [2.75, 3.05) is 26.5 Å². The largest absolute Gasteiger partial charge is 0.493 e. The summed E-state index contributed by atoms with van der Waals surface area (Å²) < 4.78 is 23.6. The summed E-state index contributed by atoms with van der Waals surface area (Å²) in [6.45, 7) is 1.86. The zero-order valence-corrected chi connectivity index (χ0v) is 24.5. The number of rotatable bonds is 3. The molecule has 2 aromatic rings. The summed E-state index contributed by atoms with van der Waals surface area (Å²) in [5.41, 5.74) is 2.73. The normalized spacial score (nSPS) is 29.9. The molecule has 10 nitrogen and oxygen atoms in total. The number of ether oxygens (including phenoxy) is 4. The van der Waals surface area contributed by atoms with Crippen LogP contribution in [0.4, 0.5) is 0 Å². The highest BCUT2D eigenvalue weighted by molar-refractivity contribution is 5.97. The molecule has 3 fully saturated rings. The van der Waals surface area contributed by atoms with Crippen LogP contribution in [0.2, 0.25) is 0 Å². The molecule has 4 bridgehead atoms. The molecule has 4 aliphatic heterocycles. The molecule has 0 aromatic heterocycles. The molecule has 0 spiro atoms. The van der Waals surface area contributed by atoms with Crippen LogP contribution in [-0.4, -0.2) is 78.7 Å². The summed E-state index contributed by atoms with van der Waals surface area (Å²) in [5.74, 6) is 2.19. The minimum absolute atomic E-state index is 0.0909. The third-order valence-corrected chi connectivity index (χ3v) is 9.70. The van der Waals surface area contributed by atoms with Gasteiger partial charge in [0.25, 0.3) is 5.91 Å². The standard InChI is InChI=1S/C33H41N3O7/c37-27-9-7-24-11-12-40-29-14-22(21-3-1-2-4-21)6-8-25(29)32(38)35-23-15-26(33(39)34-16-31(27)43-24)36(18-23)17-20-5-10-28-30(13-20)42-19-41-28/h5-6,8,10,13-14,21,23-24,26-27,31,37H,1-4,7,9,11-12,15-19H2,(H,34,39)(H,35,38)/t23-,24-,26-,27-,31+/m0/s1. The van der Waals surface area contributed by atoms with E-state index >= 15 is 0 Å². The van der Waals surface area contributed by atoms with Crippen LogP contribution in [0.3, 0.4) is 0 Å². The van der Waals surface area contributed by atoms with E-state index in [1.807, 2.05) is 24.3 Å². The van der Waals surface area contributed by atoms with Gasteiger partial charge in [0.15, 0.2) is 11.5 Å². The second-order valence-electron chi connectivity index (χ2n) is 12.6. The van der Waals surface area contributed by atoms with Crippen molar-refractivity contribution in [1.82, 2.24) is 15.5 Å². The fourth-order valence-electron chi connectivity index (χ4n) is 7.32. The van der Waals surface area contributed by atoms with Crippen molar-refractivity contribution >= 4 is 11.8 Å². The van der Waals surface area contributed by atoms with E-state index in [9.17, 15) is 14.7 Å². The Morgan fingerprint density at radius 2 is 1.77 bits per heavy atom. The van der Waals surface area contributed by atoms with Crippen molar-refractivity contribution in [1.29, 1.82) is 0 Å². The highest BCUT2D eigenvalue weighted by Crippen LogP contribution is 2.37. The number of amides is 2. The second-order valence-corrected chi connectivity index (χ2v) is 12.6. The maximum absolute atomic E-state index is 13.7. The maximum atomic E-state index is 13.7. The summed E-state index contributed by atoms with van der Waals surface area (Å²) in [5, 5.41) is 16.9. The number of aliphatic hydroxyl groups is 1. The van der Waals surface area contributed by atoms with E-state index in [1.165, 1.54) is 18.4 Å². The molecule has 7 rings (SSSR count). The van der Waals surface area contributed by atoms with Crippen LogP contribution in [-0.2, 0) is 16.1 Å². The smallest absolute Gasteiger partial charge is 0.255 e. The molecule has 2 saturated heterocycles. The maximum Gasteiger partial charge on any atom is 0.255 e. The Hall–Kier alpha value is -3.34. The molecule has 0 radical (unpaired) electrons. The Morgan fingerprint density at radius 1 is 0.907 bits per heavy atom. The summed E-state index contributed by atoms with van der Waals surface area (Å²) in [4.78, 5) is 29.4. The zero-order valence-electron chi connectivity index (χ0n) is 24.5. The first-order valence-corrected chi connectivity index (χ1v) is 15.8. The fraction of sp³-hybridized carbons (Fsp3) is 0.576. The Balaban J connectivity index is 1.15. The van der Waals surface area contributed by atoms with E-state index in [2.05, 4.69) is 27.7 Å². The van der Waals surface area contributed by atoms with E-state index in [0.29, 0.717) is 67.7 Å². The minimum Gasteiger partial charge on any atom is -0.493 e. The van der Waals surface area contributed by atoms with Crippen LogP contribution >= 0.6 is 0 Å². The third-order valence-electron chi connectivity index (χ3n) is 9.70. The van der Waals surface area contributed by atoms with Gasteiger partial charge in [-0.1, -0.05) is 25.0 Å². The Morgan fingerprint density at radius 3 is 2.65 bits per heavy atom. The average molecular weight is 592 g/mol. The minimum atomic E-state index is -0.633. The van der Waals surface area contributed by atoms with Crippen molar-refractivity contribution in [2.24, 2.45) is 0 Å². The van der Waals surface area contributed by atoms with Gasteiger partial charge in [0.2, 0.25) is 12.7 Å². The average Bonchev–Trinajstić information content (AvgIpc) is 3.78. The van der Waals surface area contributed by atoms with Gasteiger partial charge < -0.3 is 34.7 Å². The molecule has 10 heteroatoms. The molecule has 2 aromatic carbocycles. The van der Waals surface area contributed by atoms with E-state index in [-0.39, 0.29) is 37.3 Å². The van der Waals surface area contributed by atoms with Crippen LogP contribution in [0.5, 0.6) is 17.2 Å². The number of benzene rings is 2. The molecule has 1 saturated carbocycles. The topological polar surface area (TPSA) is 119 Å². The van der Waals surface area contributed by atoms with Crippen LogP contribution in [0.1, 0.15) is 78.8 Å². The molecule has 3 N–H and O–H groups in total. The lowest BCUT2D eigenvalue weighted by atomic mass is 9.95. The van der Waals surface area contributed by atoms with Crippen molar-refractivity contribution in [2.45, 2.75) is 94.2 Å².